The molecule has 4 aromatic rings. The maximum atomic E-state index is 12.9. The van der Waals surface area contributed by atoms with Gasteiger partial charge in [-0.05, 0) is 37.8 Å². The van der Waals surface area contributed by atoms with Crippen molar-refractivity contribution in [3.63, 3.8) is 0 Å². The molecule has 1 fully saturated rings. The minimum absolute atomic E-state index is 0.0366. The van der Waals surface area contributed by atoms with Gasteiger partial charge < -0.3 is 15.2 Å². The molecule has 13 nitrogen and oxygen atoms in total. The number of fused-ring (bicyclic) bond motifs is 1. The molecule has 40 heavy (non-hydrogen) atoms. The number of methoxy groups -OCH3 is 1. The molecule has 1 saturated carbocycles. The molecule has 4 N–H and O–H groups in total. The molecule has 0 aliphatic heterocycles. The van der Waals surface area contributed by atoms with Gasteiger partial charge in [0.15, 0.2) is 15.5 Å². The van der Waals surface area contributed by atoms with Crippen LogP contribution in [0.15, 0.2) is 53.8 Å². The van der Waals surface area contributed by atoms with Gasteiger partial charge in [-0.2, -0.15) is 14.7 Å². The summed E-state index contributed by atoms with van der Waals surface area (Å²) in [6.07, 6.45) is 7.42. The Morgan fingerprint density at radius 1 is 1.18 bits per heavy atom. The van der Waals surface area contributed by atoms with Crippen molar-refractivity contribution in [3.05, 3.63) is 54.6 Å². The Balaban J connectivity index is 1.54. The molecule has 1 aliphatic carbocycles. The number of benzene rings is 1. The van der Waals surface area contributed by atoms with Crippen molar-refractivity contribution in [1.82, 2.24) is 29.9 Å². The van der Waals surface area contributed by atoms with Crippen LogP contribution in [-0.4, -0.2) is 76.1 Å². The zero-order valence-electron chi connectivity index (χ0n) is 22.1. The van der Waals surface area contributed by atoms with Crippen molar-refractivity contribution in [1.29, 1.82) is 0 Å². The highest BCUT2D eigenvalue weighted by molar-refractivity contribution is 7.91. The van der Waals surface area contributed by atoms with Gasteiger partial charge in [-0.1, -0.05) is 18.2 Å². The van der Waals surface area contributed by atoms with E-state index in [-0.39, 0.29) is 42.7 Å². The highest BCUT2D eigenvalue weighted by Crippen LogP contribution is 2.43. The third-order valence-corrected chi connectivity index (χ3v) is 8.47. The summed E-state index contributed by atoms with van der Waals surface area (Å²) in [5.41, 5.74) is 9.84. The van der Waals surface area contributed by atoms with Gasteiger partial charge in [0.1, 0.15) is 16.3 Å². The number of amides is 1. The van der Waals surface area contributed by atoms with E-state index in [0.717, 1.165) is 17.5 Å². The van der Waals surface area contributed by atoms with Crippen LogP contribution in [0.5, 0.6) is 0 Å². The van der Waals surface area contributed by atoms with E-state index in [1.165, 1.54) is 11.6 Å². The largest absolute Gasteiger partial charge is 0.382 e. The average Bonchev–Trinajstić information content (AvgIpc) is 3.60. The number of hydrogen-bond donors (Lipinski definition) is 3. The van der Waals surface area contributed by atoms with Crippen LogP contribution < -0.4 is 11.2 Å². The minimum Gasteiger partial charge on any atom is -0.382 e. The van der Waals surface area contributed by atoms with E-state index in [1.807, 2.05) is 36.5 Å². The summed E-state index contributed by atoms with van der Waals surface area (Å²) in [7, 11) is -2.27. The first-order chi connectivity index (χ1) is 19.2. The Labute approximate surface area is 230 Å². The summed E-state index contributed by atoms with van der Waals surface area (Å²) in [6, 6.07) is 9.61. The van der Waals surface area contributed by atoms with Crippen LogP contribution in [0.3, 0.4) is 0 Å². The van der Waals surface area contributed by atoms with Crippen molar-refractivity contribution in [2.24, 2.45) is 0 Å². The lowest BCUT2D eigenvalue weighted by Gasteiger charge is -2.38. The number of rotatable bonds is 9. The van der Waals surface area contributed by atoms with Gasteiger partial charge in [-0.3, -0.25) is 10.0 Å². The number of hydrogen-bond acceptors (Lipinski definition) is 10. The van der Waals surface area contributed by atoms with Crippen molar-refractivity contribution in [2.45, 2.75) is 42.1 Å². The van der Waals surface area contributed by atoms with Crippen LogP contribution in [0.1, 0.15) is 37.3 Å². The summed E-state index contributed by atoms with van der Waals surface area (Å²) in [5.74, 6) is -1.02. The number of anilines is 1. The molecule has 0 spiro atoms. The van der Waals surface area contributed by atoms with E-state index < -0.39 is 21.3 Å². The fourth-order valence-electron chi connectivity index (χ4n) is 5.28. The number of hydroxylamine groups is 1. The molecule has 1 amide bonds. The molecule has 0 saturated heterocycles. The zero-order chi connectivity index (χ0) is 28.5. The molecule has 0 atom stereocenters. The molecular weight excluding hydrogens is 538 g/mol. The molecule has 14 heteroatoms. The van der Waals surface area contributed by atoms with Gasteiger partial charge >= 0.3 is 0 Å². The van der Waals surface area contributed by atoms with E-state index in [0.29, 0.717) is 29.7 Å². The SMILES string of the molecule is COCCO[C@]1(C(=O)NO)CC[C@@H](c2nc3c(-c4cnn(-c5ccccc5)c4)cnn3c(N)c2S(C)(=O)=O)CC1. The molecule has 3 heterocycles. The van der Waals surface area contributed by atoms with Crippen molar-refractivity contribution in [2.75, 3.05) is 32.3 Å². The first-order valence-corrected chi connectivity index (χ1v) is 14.6. The molecule has 3 aromatic heterocycles. The third kappa shape index (κ3) is 5.06. The fraction of sp³-hybridized carbons (Fsp3) is 0.385. The quantitative estimate of drug-likeness (QED) is 0.154. The third-order valence-electron chi connectivity index (χ3n) is 7.31. The van der Waals surface area contributed by atoms with Crippen LogP contribution in [-0.2, 0) is 24.1 Å². The van der Waals surface area contributed by atoms with E-state index in [2.05, 4.69) is 10.2 Å². The van der Waals surface area contributed by atoms with Crippen LogP contribution in [0, 0.1) is 0 Å². The summed E-state index contributed by atoms with van der Waals surface area (Å²) in [6.45, 7) is 0.442. The highest BCUT2D eigenvalue weighted by atomic mass is 32.2. The second kappa shape index (κ2) is 11.0. The lowest BCUT2D eigenvalue weighted by molar-refractivity contribution is -0.163. The Kier molecular flexibility index (Phi) is 7.59. The summed E-state index contributed by atoms with van der Waals surface area (Å²) >= 11 is 0. The maximum Gasteiger partial charge on any atom is 0.275 e. The molecule has 1 aliphatic rings. The summed E-state index contributed by atoms with van der Waals surface area (Å²) < 4.78 is 39.8. The van der Waals surface area contributed by atoms with E-state index >= 15 is 0 Å². The number of nitrogens with zero attached hydrogens (tertiary/aromatic N) is 5. The number of carbonyl (C=O) groups is 1. The predicted octanol–water partition coefficient (Wildman–Crippen LogP) is 2.13. The van der Waals surface area contributed by atoms with Crippen LogP contribution in [0.2, 0.25) is 0 Å². The van der Waals surface area contributed by atoms with Gasteiger partial charge in [0.2, 0.25) is 0 Å². The average molecular weight is 570 g/mol. The summed E-state index contributed by atoms with van der Waals surface area (Å²) in [5, 5.41) is 18.2. The minimum atomic E-state index is -3.79. The van der Waals surface area contributed by atoms with Crippen LogP contribution in [0.4, 0.5) is 5.82 Å². The Hall–Kier alpha value is -3.85. The van der Waals surface area contributed by atoms with Gasteiger partial charge in [0.05, 0.1) is 37.0 Å². The standard InChI is InChI=1S/C26H31N7O6S/c1-38-12-13-39-26(25(34)31-35)10-8-17(9-11-26)21-22(40(2,36)37)23(27)33-24(30-21)20(15-29-33)18-14-28-32(16-18)19-6-4-3-5-7-19/h3-7,14-17,35H,8-13,27H2,1-2H3,(H,31,34)/t17-,26-. The Morgan fingerprint density at radius 3 is 2.55 bits per heavy atom. The first kappa shape index (κ1) is 27.7. The second-order valence-corrected chi connectivity index (χ2v) is 11.8. The van der Waals surface area contributed by atoms with Crippen molar-refractivity contribution in [3.8, 4) is 16.8 Å². The molecule has 5 rings (SSSR count). The highest BCUT2D eigenvalue weighted by Gasteiger charge is 2.44. The lowest BCUT2D eigenvalue weighted by Crippen LogP contribution is -2.50. The molecule has 0 radical (unpaired) electrons. The first-order valence-electron chi connectivity index (χ1n) is 12.7. The lowest BCUT2D eigenvalue weighted by atomic mass is 9.76. The predicted molar refractivity (Wildman–Crippen MR) is 145 cm³/mol. The van der Waals surface area contributed by atoms with Crippen molar-refractivity contribution < 1.29 is 27.9 Å². The number of carbonyl (C=O) groups excluding carboxylic acids is 1. The van der Waals surface area contributed by atoms with Gasteiger partial charge in [-0.25, -0.2) is 23.6 Å². The van der Waals surface area contributed by atoms with Crippen LogP contribution >= 0.6 is 0 Å². The van der Waals surface area contributed by atoms with E-state index in [1.54, 1.807) is 22.6 Å². The normalized spacial score (nSPS) is 19.6. The number of para-hydroxylation sites is 1. The number of sulfone groups is 1. The number of aromatic nitrogens is 5. The monoisotopic (exact) mass is 569 g/mol. The molecule has 212 valence electrons. The number of ether oxygens (including phenoxy) is 2. The van der Waals surface area contributed by atoms with Gasteiger partial charge in [0, 0.05) is 36.6 Å². The van der Waals surface area contributed by atoms with Gasteiger partial charge in [-0.15, -0.1) is 0 Å². The van der Waals surface area contributed by atoms with Crippen LogP contribution in [0.25, 0.3) is 22.5 Å². The van der Waals surface area contributed by atoms with Gasteiger partial charge in [0.25, 0.3) is 5.91 Å². The van der Waals surface area contributed by atoms with Crippen molar-refractivity contribution >= 4 is 27.2 Å². The topological polar surface area (TPSA) is 176 Å². The number of nitrogen functional groups attached to an aromatic ring is 1. The fourth-order valence-corrected chi connectivity index (χ4v) is 6.34. The maximum absolute atomic E-state index is 12.9. The molecule has 0 bridgehead atoms. The van der Waals surface area contributed by atoms with E-state index in [9.17, 15) is 18.4 Å². The molecule has 0 unspecified atom stereocenters. The smallest absolute Gasteiger partial charge is 0.275 e. The zero-order valence-corrected chi connectivity index (χ0v) is 23.0. The molecular formula is C26H31N7O6S. The number of nitrogens with two attached hydrogens (primary N) is 1. The number of nitrogens with one attached hydrogen (secondary N) is 1. The van der Waals surface area contributed by atoms with E-state index in [4.69, 9.17) is 20.2 Å². The second-order valence-electron chi connectivity index (χ2n) is 9.84. The molecule has 1 aromatic carbocycles. The summed E-state index contributed by atoms with van der Waals surface area (Å²) in [4.78, 5) is 17.3. The Bertz CT molecular complexity index is 1630. The Morgan fingerprint density at radius 2 is 1.90 bits per heavy atom.